The lowest BCUT2D eigenvalue weighted by Gasteiger charge is -2.15. The molecule has 1 heteroatoms. The zero-order chi connectivity index (χ0) is 12.5. The number of nitrogens with one attached hydrogen (secondary N) is 1. The summed E-state index contributed by atoms with van der Waals surface area (Å²) >= 11 is 0. The van der Waals surface area contributed by atoms with Gasteiger partial charge >= 0.3 is 0 Å². The van der Waals surface area contributed by atoms with Gasteiger partial charge < -0.3 is 5.32 Å². The van der Waals surface area contributed by atoms with Crippen molar-refractivity contribution in [2.45, 2.75) is 19.9 Å². The maximum Gasteiger partial charge on any atom is 0.0428 e. The second kappa shape index (κ2) is 4.34. The third-order valence-electron chi connectivity index (χ3n) is 3.21. The third kappa shape index (κ3) is 1.82. The average Bonchev–Trinajstić information content (AvgIpc) is 2.38. The zero-order valence-corrected chi connectivity index (χ0v) is 10.8. The van der Waals surface area contributed by atoms with Gasteiger partial charge in [-0.25, -0.2) is 0 Å². The van der Waals surface area contributed by atoms with Crippen LogP contribution in [0.15, 0.2) is 54.6 Å². The van der Waals surface area contributed by atoms with Gasteiger partial charge in [0.15, 0.2) is 0 Å². The van der Waals surface area contributed by atoms with E-state index < -0.39 is 0 Å². The first-order chi connectivity index (χ1) is 8.75. The van der Waals surface area contributed by atoms with Crippen LogP contribution in [0.3, 0.4) is 0 Å². The first-order valence-corrected chi connectivity index (χ1v) is 6.43. The normalized spacial score (nSPS) is 11.3. The van der Waals surface area contributed by atoms with E-state index in [1.165, 1.54) is 27.2 Å². The molecule has 0 saturated carbocycles. The Morgan fingerprint density at radius 1 is 0.778 bits per heavy atom. The summed E-state index contributed by atoms with van der Waals surface area (Å²) in [4.78, 5) is 0. The van der Waals surface area contributed by atoms with Crippen molar-refractivity contribution in [1.29, 1.82) is 0 Å². The first-order valence-electron chi connectivity index (χ1n) is 6.43. The van der Waals surface area contributed by atoms with E-state index in [0.29, 0.717) is 6.04 Å². The van der Waals surface area contributed by atoms with Gasteiger partial charge in [0, 0.05) is 17.1 Å². The minimum Gasteiger partial charge on any atom is -0.382 e. The minimum atomic E-state index is 0.439. The van der Waals surface area contributed by atoms with E-state index in [9.17, 15) is 0 Å². The van der Waals surface area contributed by atoms with Crippen LogP contribution >= 0.6 is 0 Å². The number of rotatable bonds is 2. The summed E-state index contributed by atoms with van der Waals surface area (Å²) in [7, 11) is 0. The zero-order valence-electron chi connectivity index (χ0n) is 10.8. The van der Waals surface area contributed by atoms with Crippen LogP contribution in [0.4, 0.5) is 5.69 Å². The van der Waals surface area contributed by atoms with Gasteiger partial charge in [0.25, 0.3) is 0 Å². The number of fused-ring (bicyclic) bond motifs is 3. The van der Waals surface area contributed by atoms with Crippen molar-refractivity contribution in [2.75, 3.05) is 5.32 Å². The number of benzene rings is 3. The van der Waals surface area contributed by atoms with Crippen LogP contribution < -0.4 is 5.32 Å². The molecule has 0 bridgehead atoms. The molecular formula is C17H17N. The van der Waals surface area contributed by atoms with Gasteiger partial charge in [0.1, 0.15) is 0 Å². The Labute approximate surface area is 107 Å². The lowest BCUT2D eigenvalue weighted by atomic mass is 10.00. The van der Waals surface area contributed by atoms with E-state index in [0.717, 1.165) is 0 Å². The van der Waals surface area contributed by atoms with E-state index in [1.807, 2.05) is 0 Å². The predicted molar refractivity (Wildman–Crippen MR) is 80.2 cm³/mol. The Kier molecular flexibility index (Phi) is 2.67. The molecule has 0 amide bonds. The highest BCUT2D eigenvalue weighted by atomic mass is 14.9. The highest BCUT2D eigenvalue weighted by molar-refractivity contribution is 6.12. The molecule has 90 valence electrons. The molecule has 0 fully saturated rings. The second-order valence-corrected chi connectivity index (χ2v) is 4.99. The molecular weight excluding hydrogens is 218 g/mol. The lowest BCUT2D eigenvalue weighted by molar-refractivity contribution is 0.902. The van der Waals surface area contributed by atoms with E-state index in [1.54, 1.807) is 0 Å². The summed E-state index contributed by atoms with van der Waals surface area (Å²) in [5.41, 5.74) is 1.22. The summed E-state index contributed by atoms with van der Waals surface area (Å²) in [6.45, 7) is 4.34. The first kappa shape index (κ1) is 11.1. The van der Waals surface area contributed by atoms with Crippen LogP contribution in [0.25, 0.3) is 21.5 Å². The van der Waals surface area contributed by atoms with Gasteiger partial charge in [-0.1, -0.05) is 48.5 Å². The Bertz CT molecular complexity index is 698. The summed E-state index contributed by atoms with van der Waals surface area (Å²) in [6, 6.07) is 19.8. The van der Waals surface area contributed by atoms with Crippen molar-refractivity contribution >= 4 is 27.2 Å². The lowest BCUT2D eigenvalue weighted by Crippen LogP contribution is -2.09. The molecule has 0 spiro atoms. The number of hydrogen-bond acceptors (Lipinski definition) is 1. The van der Waals surface area contributed by atoms with Crippen LogP contribution in [0, 0.1) is 0 Å². The fourth-order valence-electron chi connectivity index (χ4n) is 2.48. The Balaban J connectivity index is 2.39. The maximum atomic E-state index is 3.54. The molecule has 0 saturated heterocycles. The average molecular weight is 235 g/mol. The van der Waals surface area contributed by atoms with Gasteiger partial charge in [-0.05, 0) is 36.1 Å². The summed E-state index contributed by atoms with van der Waals surface area (Å²) < 4.78 is 0. The summed E-state index contributed by atoms with van der Waals surface area (Å²) in [5, 5.41) is 8.77. The molecule has 0 aromatic heterocycles. The SMILES string of the molecule is CC(C)Nc1cc2ccccc2c2ccccc12. The molecule has 3 aromatic carbocycles. The molecule has 0 heterocycles. The summed E-state index contributed by atoms with van der Waals surface area (Å²) in [5.74, 6) is 0. The van der Waals surface area contributed by atoms with Crippen molar-refractivity contribution in [3.05, 3.63) is 54.6 Å². The van der Waals surface area contributed by atoms with Gasteiger partial charge in [-0.2, -0.15) is 0 Å². The van der Waals surface area contributed by atoms with Crippen molar-refractivity contribution in [3.63, 3.8) is 0 Å². The van der Waals surface area contributed by atoms with Gasteiger partial charge in [-0.15, -0.1) is 0 Å². The third-order valence-corrected chi connectivity index (χ3v) is 3.21. The molecule has 0 aliphatic heterocycles. The Hall–Kier alpha value is -2.02. The van der Waals surface area contributed by atoms with E-state index in [4.69, 9.17) is 0 Å². The Morgan fingerprint density at radius 2 is 1.39 bits per heavy atom. The van der Waals surface area contributed by atoms with Crippen molar-refractivity contribution in [1.82, 2.24) is 0 Å². The molecule has 0 aliphatic rings. The van der Waals surface area contributed by atoms with Crippen molar-refractivity contribution < 1.29 is 0 Å². The quantitative estimate of drug-likeness (QED) is 0.628. The van der Waals surface area contributed by atoms with Crippen LogP contribution in [0.5, 0.6) is 0 Å². The number of hydrogen-bond donors (Lipinski definition) is 1. The standard InChI is InChI=1S/C17H17N/c1-12(2)18-17-11-13-7-3-4-8-14(13)15-9-5-6-10-16(15)17/h3-12,18H,1-2H3. The topological polar surface area (TPSA) is 12.0 Å². The van der Waals surface area contributed by atoms with E-state index in [-0.39, 0.29) is 0 Å². The predicted octanol–water partition coefficient (Wildman–Crippen LogP) is 4.81. The van der Waals surface area contributed by atoms with Crippen LogP contribution in [-0.2, 0) is 0 Å². The Morgan fingerprint density at radius 3 is 2.11 bits per heavy atom. The highest BCUT2D eigenvalue weighted by Gasteiger charge is 2.06. The second-order valence-electron chi connectivity index (χ2n) is 4.99. The molecule has 18 heavy (non-hydrogen) atoms. The van der Waals surface area contributed by atoms with Crippen molar-refractivity contribution in [3.8, 4) is 0 Å². The van der Waals surface area contributed by atoms with E-state index >= 15 is 0 Å². The highest BCUT2D eigenvalue weighted by Crippen LogP contribution is 2.31. The summed E-state index contributed by atoms with van der Waals surface area (Å²) in [6.07, 6.45) is 0. The monoisotopic (exact) mass is 235 g/mol. The van der Waals surface area contributed by atoms with Crippen LogP contribution in [0.2, 0.25) is 0 Å². The fourth-order valence-corrected chi connectivity index (χ4v) is 2.48. The van der Waals surface area contributed by atoms with E-state index in [2.05, 4.69) is 73.8 Å². The maximum absolute atomic E-state index is 3.54. The number of anilines is 1. The molecule has 0 atom stereocenters. The molecule has 0 aliphatic carbocycles. The molecule has 0 unspecified atom stereocenters. The minimum absolute atomic E-state index is 0.439. The van der Waals surface area contributed by atoms with Crippen LogP contribution in [-0.4, -0.2) is 6.04 Å². The largest absolute Gasteiger partial charge is 0.382 e. The van der Waals surface area contributed by atoms with Gasteiger partial charge in [0.05, 0.1) is 0 Å². The van der Waals surface area contributed by atoms with Gasteiger partial charge in [-0.3, -0.25) is 0 Å². The molecule has 0 radical (unpaired) electrons. The molecule has 3 rings (SSSR count). The molecule has 1 N–H and O–H groups in total. The smallest absolute Gasteiger partial charge is 0.0428 e. The fraction of sp³-hybridized carbons (Fsp3) is 0.176. The van der Waals surface area contributed by atoms with Crippen molar-refractivity contribution in [2.24, 2.45) is 0 Å². The van der Waals surface area contributed by atoms with Crippen LogP contribution in [0.1, 0.15) is 13.8 Å². The van der Waals surface area contributed by atoms with Gasteiger partial charge in [0.2, 0.25) is 0 Å². The molecule has 3 aromatic rings. The molecule has 1 nitrogen and oxygen atoms in total.